The molecule has 2 N–H and O–H groups in total. The molecule has 0 saturated heterocycles. The second-order valence-electron chi connectivity index (χ2n) is 5.32. The van der Waals surface area contributed by atoms with Crippen molar-refractivity contribution in [2.75, 3.05) is 17.7 Å². The van der Waals surface area contributed by atoms with Crippen molar-refractivity contribution in [2.24, 2.45) is 0 Å². The van der Waals surface area contributed by atoms with E-state index >= 15 is 0 Å². The van der Waals surface area contributed by atoms with Crippen molar-refractivity contribution in [3.05, 3.63) is 65.9 Å². The van der Waals surface area contributed by atoms with Crippen molar-refractivity contribution >= 4 is 11.6 Å². The quantitative estimate of drug-likeness (QED) is 0.692. The topological polar surface area (TPSA) is 72.2 Å². The first-order valence-corrected chi connectivity index (χ1v) is 7.71. The number of rotatable bonds is 7. The summed E-state index contributed by atoms with van der Waals surface area (Å²) in [4.78, 5) is 8.81. The first-order chi connectivity index (χ1) is 11.7. The van der Waals surface area contributed by atoms with E-state index in [1.54, 1.807) is 13.4 Å². The molecule has 0 unspecified atom stereocenters. The Kier molecular flexibility index (Phi) is 4.96. The zero-order valence-electron chi connectivity index (χ0n) is 13.7. The van der Waals surface area contributed by atoms with E-state index in [-0.39, 0.29) is 0 Å². The number of aromatic nitrogens is 2. The number of aryl methyl sites for hydroxylation is 1. The van der Waals surface area contributed by atoms with Gasteiger partial charge in [-0.2, -0.15) is 0 Å². The molecule has 0 radical (unpaired) electrons. The van der Waals surface area contributed by atoms with Gasteiger partial charge in [0.25, 0.3) is 0 Å². The summed E-state index contributed by atoms with van der Waals surface area (Å²) >= 11 is 0. The van der Waals surface area contributed by atoms with Crippen LogP contribution in [0.1, 0.15) is 17.1 Å². The molecule has 0 amide bonds. The molecule has 6 nitrogen and oxygen atoms in total. The van der Waals surface area contributed by atoms with Gasteiger partial charge in [0.05, 0.1) is 19.9 Å². The molecule has 0 aliphatic heterocycles. The molecule has 0 fully saturated rings. The Balaban J connectivity index is 1.62. The molecule has 0 aliphatic carbocycles. The van der Waals surface area contributed by atoms with E-state index < -0.39 is 0 Å². The maximum Gasteiger partial charge on any atom is 0.132 e. The molecule has 1 aromatic carbocycles. The van der Waals surface area contributed by atoms with Gasteiger partial charge < -0.3 is 19.8 Å². The lowest BCUT2D eigenvalue weighted by molar-refractivity contribution is 0.414. The third-order valence-corrected chi connectivity index (χ3v) is 3.49. The van der Waals surface area contributed by atoms with Crippen molar-refractivity contribution in [3.8, 4) is 5.75 Å². The smallest absolute Gasteiger partial charge is 0.132 e. The number of methoxy groups -OCH3 is 1. The van der Waals surface area contributed by atoms with Crippen LogP contribution in [0.15, 0.2) is 53.1 Å². The lowest BCUT2D eigenvalue weighted by Crippen LogP contribution is -2.07. The first kappa shape index (κ1) is 15.9. The third-order valence-electron chi connectivity index (χ3n) is 3.49. The summed E-state index contributed by atoms with van der Waals surface area (Å²) in [7, 11) is 1.66. The molecule has 0 atom stereocenters. The van der Waals surface area contributed by atoms with Crippen molar-refractivity contribution in [2.45, 2.75) is 20.0 Å². The molecular formula is C18H20N4O2. The maximum atomic E-state index is 5.31. The second-order valence-corrected chi connectivity index (χ2v) is 5.32. The Morgan fingerprint density at radius 2 is 1.71 bits per heavy atom. The van der Waals surface area contributed by atoms with Crippen LogP contribution in [-0.4, -0.2) is 17.1 Å². The Bertz CT molecular complexity index is 770. The van der Waals surface area contributed by atoms with E-state index in [4.69, 9.17) is 9.15 Å². The first-order valence-electron chi connectivity index (χ1n) is 7.71. The van der Waals surface area contributed by atoms with Gasteiger partial charge in [0.2, 0.25) is 0 Å². The van der Waals surface area contributed by atoms with Crippen molar-refractivity contribution in [3.63, 3.8) is 0 Å². The number of hydrogen-bond donors (Lipinski definition) is 2. The van der Waals surface area contributed by atoms with E-state index in [2.05, 4.69) is 20.6 Å². The summed E-state index contributed by atoms with van der Waals surface area (Å²) in [6.07, 6.45) is 1.66. The highest BCUT2D eigenvalue weighted by Crippen LogP contribution is 2.15. The molecule has 24 heavy (non-hydrogen) atoms. The van der Waals surface area contributed by atoms with Crippen LogP contribution in [0.25, 0.3) is 0 Å². The zero-order valence-corrected chi connectivity index (χ0v) is 13.7. The molecule has 0 spiro atoms. The second kappa shape index (κ2) is 7.50. The minimum absolute atomic E-state index is 0.585. The van der Waals surface area contributed by atoms with Crippen molar-refractivity contribution in [1.29, 1.82) is 0 Å². The highest BCUT2D eigenvalue weighted by atomic mass is 16.5. The zero-order chi connectivity index (χ0) is 16.8. The molecule has 0 saturated carbocycles. The van der Waals surface area contributed by atoms with Crippen LogP contribution in [0.2, 0.25) is 0 Å². The third kappa shape index (κ3) is 4.25. The molecule has 3 rings (SSSR count). The van der Waals surface area contributed by atoms with Gasteiger partial charge in [0.1, 0.15) is 29.0 Å². The lowest BCUT2D eigenvalue weighted by Gasteiger charge is -2.10. The summed E-state index contributed by atoms with van der Waals surface area (Å²) in [5.74, 6) is 3.95. The van der Waals surface area contributed by atoms with Gasteiger partial charge in [-0.15, -0.1) is 0 Å². The summed E-state index contributed by atoms with van der Waals surface area (Å²) in [6.45, 7) is 3.13. The maximum absolute atomic E-state index is 5.31. The summed E-state index contributed by atoms with van der Waals surface area (Å²) < 4.78 is 10.5. The Morgan fingerprint density at radius 3 is 2.33 bits per heavy atom. The van der Waals surface area contributed by atoms with Crippen LogP contribution in [0.5, 0.6) is 5.75 Å². The summed E-state index contributed by atoms with van der Waals surface area (Å²) in [6, 6.07) is 13.6. The van der Waals surface area contributed by atoms with Gasteiger partial charge in [-0.1, -0.05) is 12.1 Å². The van der Waals surface area contributed by atoms with Gasteiger partial charge in [0, 0.05) is 12.6 Å². The van der Waals surface area contributed by atoms with Crippen LogP contribution in [0, 0.1) is 6.92 Å². The Morgan fingerprint density at radius 1 is 1.00 bits per heavy atom. The van der Waals surface area contributed by atoms with Gasteiger partial charge in [0.15, 0.2) is 0 Å². The van der Waals surface area contributed by atoms with Gasteiger partial charge in [-0.25, -0.2) is 9.97 Å². The average molecular weight is 324 g/mol. The van der Waals surface area contributed by atoms with E-state index in [0.717, 1.165) is 28.7 Å². The van der Waals surface area contributed by atoms with E-state index in [0.29, 0.717) is 18.9 Å². The molecule has 124 valence electrons. The molecular weight excluding hydrogens is 304 g/mol. The fourth-order valence-corrected chi connectivity index (χ4v) is 2.28. The molecule has 2 heterocycles. The Labute approximate surface area is 140 Å². The number of anilines is 2. The number of ether oxygens (including phenoxy) is 1. The largest absolute Gasteiger partial charge is 0.497 e. The fraction of sp³-hybridized carbons (Fsp3) is 0.222. The SMILES string of the molecule is COc1ccc(CNc2cc(NCc3ccco3)nc(C)n2)cc1. The predicted molar refractivity (Wildman–Crippen MR) is 93.1 cm³/mol. The highest BCUT2D eigenvalue weighted by molar-refractivity contribution is 5.48. The number of hydrogen-bond acceptors (Lipinski definition) is 6. The van der Waals surface area contributed by atoms with Crippen molar-refractivity contribution in [1.82, 2.24) is 9.97 Å². The fourth-order valence-electron chi connectivity index (χ4n) is 2.28. The summed E-state index contributed by atoms with van der Waals surface area (Å²) in [5.41, 5.74) is 1.15. The molecule has 0 bridgehead atoms. The van der Waals surface area contributed by atoms with Crippen molar-refractivity contribution < 1.29 is 9.15 Å². The normalized spacial score (nSPS) is 10.4. The van der Waals surface area contributed by atoms with Gasteiger partial charge >= 0.3 is 0 Å². The predicted octanol–water partition coefficient (Wildman–Crippen LogP) is 3.61. The number of nitrogens with zero attached hydrogens (tertiary/aromatic N) is 2. The van der Waals surface area contributed by atoms with Crippen LogP contribution in [0.4, 0.5) is 11.6 Å². The Hall–Kier alpha value is -3.02. The van der Waals surface area contributed by atoms with Gasteiger partial charge in [-0.3, -0.25) is 0 Å². The number of benzene rings is 1. The van der Waals surface area contributed by atoms with Crippen LogP contribution >= 0.6 is 0 Å². The minimum atomic E-state index is 0.585. The molecule has 0 aliphatic rings. The summed E-state index contributed by atoms with van der Waals surface area (Å²) in [5, 5.41) is 6.56. The standard InChI is InChI=1S/C18H20N4O2/c1-13-21-17(19-11-14-5-7-15(23-2)8-6-14)10-18(22-13)20-12-16-4-3-9-24-16/h3-10H,11-12H2,1-2H3,(H2,19,20,21,22). The number of furan rings is 1. The van der Waals surface area contributed by atoms with Gasteiger partial charge in [-0.05, 0) is 36.8 Å². The molecule has 2 aromatic heterocycles. The molecule has 3 aromatic rings. The molecule has 6 heteroatoms. The van der Waals surface area contributed by atoms with Crippen LogP contribution < -0.4 is 15.4 Å². The number of nitrogens with one attached hydrogen (secondary N) is 2. The van der Waals surface area contributed by atoms with E-state index in [1.165, 1.54) is 0 Å². The lowest BCUT2D eigenvalue weighted by atomic mass is 10.2. The van der Waals surface area contributed by atoms with Crippen LogP contribution in [-0.2, 0) is 13.1 Å². The average Bonchev–Trinajstić information content (AvgIpc) is 3.12. The monoisotopic (exact) mass is 324 g/mol. The van der Waals surface area contributed by atoms with E-state index in [9.17, 15) is 0 Å². The highest BCUT2D eigenvalue weighted by Gasteiger charge is 2.03. The van der Waals surface area contributed by atoms with E-state index in [1.807, 2.05) is 49.4 Å². The minimum Gasteiger partial charge on any atom is -0.497 e. The van der Waals surface area contributed by atoms with Crippen LogP contribution in [0.3, 0.4) is 0 Å².